The lowest BCUT2D eigenvalue weighted by atomic mass is 10.1. The van der Waals surface area contributed by atoms with Crippen LogP contribution < -0.4 is 5.32 Å². The van der Waals surface area contributed by atoms with E-state index >= 15 is 0 Å². The van der Waals surface area contributed by atoms with Crippen LogP contribution in [0.2, 0.25) is 0 Å². The first-order valence-electron chi connectivity index (χ1n) is 6.57. The van der Waals surface area contributed by atoms with Gasteiger partial charge in [-0.05, 0) is 31.2 Å². The summed E-state index contributed by atoms with van der Waals surface area (Å²) in [5.74, 6) is 0.764. The molecule has 0 spiro atoms. The Morgan fingerprint density at radius 1 is 1.42 bits per heavy atom. The van der Waals surface area contributed by atoms with Gasteiger partial charge in [0.1, 0.15) is 5.69 Å². The monoisotopic (exact) mass is 283 g/mol. The van der Waals surface area contributed by atoms with E-state index in [1.165, 1.54) is 0 Å². The summed E-state index contributed by atoms with van der Waals surface area (Å²) in [6.45, 7) is 0.406. The lowest BCUT2D eigenvalue weighted by Gasteiger charge is -2.07. The molecule has 2 aliphatic rings. The Hall–Kier alpha value is -1.37. The average Bonchev–Trinajstić information content (AvgIpc) is 2.98. The van der Waals surface area contributed by atoms with E-state index in [0.29, 0.717) is 24.6 Å². The van der Waals surface area contributed by atoms with Crippen LogP contribution >= 0.6 is 0 Å². The van der Waals surface area contributed by atoms with Crippen molar-refractivity contribution in [2.75, 3.05) is 18.1 Å². The van der Waals surface area contributed by atoms with E-state index in [4.69, 9.17) is 0 Å². The van der Waals surface area contributed by atoms with Gasteiger partial charge in [0.15, 0.2) is 9.84 Å². The average molecular weight is 283 g/mol. The number of aromatic nitrogens is 2. The predicted molar refractivity (Wildman–Crippen MR) is 69.7 cm³/mol. The molecule has 0 radical (unpaired) electrons. The van der Waals surface area contributed by atoms with Crippen molar-refractivity contribution in [2.45, 2.75) is 25.2 Å². The second-order valence-corrected chi connectivity index (χ2v) is 7.69. The second kappa shape index (κ2) is 4.63. The number of rotatable bonds is 4. The Labute approximate surface area is 111 Å². The van der Waals surface area contributed by atoms with Gasteiger partial charge >= 0.3 is 0 Å². The van der Waals surface area contributed by atoms with E-state index in [-0.39, 0.29) is 23.3 Å². The van der Waals surface area contributed by atoms with Crippen LogP contribution in [0.4, 0.5) is 0 Å². The molecule has 3 rings (SSSR count). The first-order valence-corrected chi connectivity index (χ1v) is 8.39. The summed E-state index contributed by atoms with van der Waals surface area (Å²) in [4.78, 5) is 11.9. The molecule has 2 fully saturated rings. The van der Waals surface area contributed by atoms with Gasteiger partial charge in [-0.1, -0.05) is 0 Å². The summed E-state index contributed by atoms with van der Waals surface area (Å²) >= 11 is 0. The van der Waals surface area contributed by atoms with Crippen molar-refractivity contribution in [3.63, 3.8) is 0 Å². The molecule has 104 valence electrons. The maximum absolute atomic E-state index is 11.9. The standard InChI is InChI=1S/C12H17N3O3S/c16-12(11-5-10(14-15-11)9-1-2-9)13-6-8-3-4-19(17,18)7-8/h5,8-9H,1-4,6-7H2,(H,13,16)(H,14,15)/t8-/m0/s1. The maximum Gasteiger partial charge on any atom is 0.271 e. The number of hydrogen-bond donors (Lipinski definition) is 2. The quantitative estimate of drug-likeness (QED) is 0.839. The Balaban J connectivity index is 1.53. The van der Waals surface area contributed by atoms with Gasteiger partial charge in [-0.3, -0.25) is 9.89 Å². The summed E-state index contributed by atoms with van der Waals surface area (Å²) in [6.07, 6.45) is 2.95. The molecule has 0 unspecified atom stereocenters. The number of aromatic amines is 1. The molecule has 1 aromatic rings. The van der Waals surface area contributed by atoms with Gasteiger partial charge in [0.25, 0.3) is 5.91 Å². The van der Waals surface area contributed by atoms with Gasteiger partial charge in [0.05, 0.1) is 11.5 Å². The van der Waals surface area contributed by atoms with Crippen LogP contribution in [0.5, 0.6) is 0 Å². The van der Waals surface area contributed by atoms with Crippen molar-refractivity contribution in [2.24, 2.45) is 5.92 Å². The van der Waals surface area contributed by atoms with E-state index in [1.54, 1.807) is 6.07 Å². The zero-order valence-corrected chi connectivity index (χ0v) is 11.4. The van der Waals surface area contributed by atoms with Gasteiger partial charge in [0, 0.05) is 18.2 Å². The Kier molecular flexibility index (Phi) is 3.08. The number of carbonyl (C=O) groups is 1. The van der Waals surface area contributed by atoms with Gasteiger partial charge in [-0.15, -0.1) is 0 Å². The number of nitrogens with zero attached hydrogens (tertiary/aromatic N) is 1. The van der Waals surface area contributed by atoms with Crippen LogP contribution in [0.25, 0.3) is 0 Å². The van der Waals surface area contributed by atoms with E-state index in [1.807, 2.05) is 0 Å². The fourth-order valence-corrected chi connectivity index (χ4v) is 4.28. The molecule has 1 aromatic heterocycles. The van der Waals surface area contributed by atoms with E-state index in [2.05, 4.69) is 15.5 Å². The molecule has 19 heavy (non-hydrogen) atoms. The molecule has 6 nitrogen and oxygen atoms in total. The summed E-state index contributed by atoms with van der Waals surface area (Å²) in [6, 6.07) is 1.79. The van der Waals surface area contributed by atoms with Crippen LogP contribution in [0.3, 0.4) is 0 Å². The molecule has 2 N–H and O–H groups in total. The minimum atomic E-state index is -2.88. The molecule has 2 heterocycles. The zero-order chi connectivity index (χ0) is 13.5. The highest BCUT2D eigenvalue weighted by atomic mass is 32.2. The lowest BCUT2D eigenvalue weighted by Crippen LogP contribution is -2.30. The van der Waals surface area contributed by atoms with E-state index < -0.39 is 9.84 Å². The number of H-pyrrole nitrogens is 1. The summed E-state index contributed by atoms with van der Waals surface area (Å²) in [5.41, 5.74) is 1.41. The first kappa shape index (κ1) is 12.7. The molecular formula is C12H17N3O3S. The molecule has 1 aliphatic carbocycles. The van der Waals surface area contributed by atoms with Gasteiger partial charge in [-0.2, -0.15) is 5.10 Å². The van der Waals surface area contributed by atoms with Gasteiger partial charge in [0.2, 0.25) is 0 Å². The molecular weight excluding hydrogens is 266 g/mol. The first-order chi connectivity index (χ1) is 9.03. The smallest absolute Gasteiger partial charge is 0.271 e. The predicted octanol–water partition coefficient (Wildman–Crippen LogP) is 0.452. The third-order valence-corrected chi connectivity index (χ3v) is 5.56. The molecule has 0 bridgehead atoms. The highest BCUT2D eigenvalue weighted by molar-refractivity contribution is 7.91. The Morgan fingerprint density at radius 3 is 2.84 bits per heavy atom. The summed E-state index contributed by atoms with van der Waals surface area (Å²) in [7, 11) is -2.88. The summed E-state index contributed by atoms with van der Waals surface area (Å²) in [5, 5.41) is 9.64. The number of amides is 1. The zero-order valence-electron chi connectivity index (χ0n) is 10.6. The largest absolute Gasteiger partial charge is 0.350 e. The molecule has 1 aliphatic heterocycles. The van der Waals surface area contributed by atoms with Crippen LogP contribution in [-0.2, 0) is 9.84 Å². The van der Waals surface area contributed by atoms with E-state index in [9.17, 15) is 13.2 Å². The molecule has 0 aromatic carbocycles. The van der Waals surface area contributed by atoms with Crippen molar-refractivity contribution < 1.29 is 13.2 Å². The topological polar surface area (TPSA) is 91.9 Å². The van der Waals surface area contributed by atoms with Crippen molar-refractivity contribution >= 4 is 15.7 Å². The van der Waals surface area contributed by atoms with Crippen LogP contribution in [0, 0.1) is 5.92 Å². The molecule has 1 saturated carbocycles. The highest BCUT2D eigenvalue weighted by Crippen LogP contribution is 2.38. The van der Waals surface area contributed by atoms with Crippen LogP contribution in [0.15, 0.2) is 6.07 Å². The Bertz CT molecular complexity index is 589. The number of carbonyl (C=O) groups excluding carboxylic acids is 1. The molecule has 7 heteroatoms. The molecule has 1 amide bonds. The van der Waals surface area contributed by atoms with Crippen molar-refractivity contribution in [1.82, 2.24) is 15.5 Å². The van der Waals surface area contributed by atoms with Gasteiger partial charge in [-0.25, -0.2) is 8.42 Å². The fourth-order valence-electron chi connectivity index (χ4n) is 2.42. The third kappa shape index (κ3) is 2.97. The van der Waals surface area contributed by atoms with Crippen LogP contribution in [0.1, 0.15) is 41.4 Å². The minimum absolute atomic E-state index is 0.0378. The SMILES string of the molecule is O=C(NC[C@@H]1CCS(=O)(=O)C1)c1cc(C2CC2)[nH]n1. The maximum atomic E-state index is 11.9. The lowest BCUT2D eigenvalue weighted by molar-refractivity contribution is 0.0943. The van der Waals surface area contributed by atoms with Crippen LogP contribution in [-0.4, -0.2) is 42.6 Å². The number of hydrogen-bond acceptors (Lipinski definition) is 4. The molecule has 1 atom stereocenters. The molecule has 1 saturated heterocycles. The fraction of sp³-hybridized carbons (Fsp3) is 0.667. The summed E-state index contributed by atoms with van der Waals surface area (Å²) < 4.78 is 22.6. The van der Waals surface area contributed by atoms with E-state index in [0.717, 1.165) is 18.5 Å². The van der Waals surface area contributed by atoms with Crippen molar-refractivity contribution in [3.05, 3.63) is 17.5 Å². The normalized spacial score (nSPS) is 25.4. The third-order valence-electron chi connectivity index (χ3n) is 3.73. The second-order valence-electron chi connectivity index (χ2n) is 5.46. The van der Waals surface area contributed by atoms with Gasteiger partial charge < -0.3 is 5.32 Å². The van der Waals surface area contributed by atoms with Crippen molar-refractivity contribution in [1.29, 1.82) is 0 Å². The minimum Gasteiger partial charge on any atom is -0.350 e. The highest BCUT2D eigenvalue weighted by Gasteiger charge is 2.29. The van der Waals surface area contributed by atoms with Crippen molar-refractivity contribution in [3.8, 4) is 0 Å². The number of nitrogens with one attached hydrogen (secondary N) is 2. The Morgan fingerprint density at radius 2 is 2.21 bits per heavy atom. The number of sulfone groups is 1.